The highest BCUT2D eigenvalue weighted by atomic mass is 35.5. The first-order valence-corrected chi connectivity index (χ1v) is 9.26. The van der Waals surface area contributed by atoms with Crippen molar-refractivity contribution in [3.8, 4) is 0 Å². The summed E-state index contributed by atoms with van der Waals surface area (Å²) < 4.78 is 0. The summed E-state index contributed by atoms with van der Waals surface area (Å²) in [5.41, 5.74) is 4.17. The van der Waals surface area contributed by atoms with Crippen LogP contribution in [0.2, 0.25) is 5.02 Å². The van der Waals surface area contributed by atoms with Gasteiger partial charge in [0.1, 0.15) is 0 Å². The summed E-state index contributed by atoms with van der Waals surface area (Å²) in [7, 11) is 0. The van der Waals surface area contributed by atoms with E-state index in [1.54, 1.807) is 12.3 Å². The maximum Gasteiger partial charge on any atom is 0.185 e. The largest absolute Gasteiger partial charge is 0.355 e. The average molecular weight is 385 g/mol. The predicted molar refractivity (Wildman–Crippen MR) is 116 cm³/mol. The van der Waals surface area contributed by atoms with Gasteiger partial charge in [0, 0.05) is 33.5 Å². The lowest BCUT2D eigenvalue weighted by atomic mass is 10.1. The number of anilines is 2. The van der Waals surface area contributed by atoms with Crippen molar-refractivity contribution in [2.24, 2.45) is 0 Å². The number of rotatable bonds is 5. The number of fused-ring (bicyclic) bond motifs is 1. The number of carbonyl (C=O) groups is 1. The minimum atomic E-state index is -0.0427. The van der Waals surface area contributed by atoms with E-state index in [1.807, 2.05) is 84.9 Å². The lowest BCUT2D eigenvalue weighted by Gasteiger charge is -2.10. The third kappa shape index (κ3) is 4.11. The lowest BCUT2D eigenvalue weighted by molar-refractivity contribution is 0.104. The van der Waals surface area contributed by atoms with Gasteiger partial charge in [-0.3, -0.25) is 9.78 Å². The van der Waals surface area contributed by atoms with E-state index in [0.29, 0.717) is 10.6 Å². The molecule has 3 aromatic carbocycles. The van der Waals surface area contributed by atoms with Crippen LogP contribution in [0.5, 0.6) is 0 Å². The quantitative estimate of drug-likeness (QED) is 0.314. The van der Waals surface area contributed by atoms with Gasteiger partial charge >= 0.3 is 0 Å². The van der Waals surface area contributed by atoms with Gasteiger partial charge in [-0.05, 0) is 48.0 Å². The Labute approximate surface area is 168 Å². The molecule has 4 heteroatoms. The number of carbonyl (C=O) groups excluding carboxylic acids is 1. The predicted octanol–water partition coefficient (Wildman–Crippen LogP) is 6.53. The fourth-order valence-electron chi connectivity index (χ4n) is 2.97. The molecule has 0 spiro atoms. The summed E-state index contributed by atoms with van der Waals surface area (Å²) in [5, 5.41) is 4.99. The number of ketones is 1. The Morgan fingerprint density at radius 2 is 1.79 bits per heavy atom. The highest BCUT2D eigenvalue weighted by Gasteiger charge is 2.06. The molecular weight excluding hydrogens is 368 g/mol. The Morgan fingerprint density at radius 1 is 0.929 bits per heavy atom. The molecule has 1 N–H and O–H groups in total. The first-order chi connectivity index (χ1) is 13.7. The second-order valence-corrected chi connectivity index (χ2v) is 6.77. The van der Waals surface area contributed by atoms with Crippen molar-refractivity contribution >= 4 is 45.7 Å². The van der Waals surface area contributed by atoms with Crippen LogP contribution in [0.15, 0.2) is 91.1 Å². The van der Waals surface area contributed by atoms with Crippen molar-refractivity contribution in [3.05, 3.63) is 107 Å². The molecule has 0 unspecified atom stereocenters. The van der Waals surface area contributed by atoms with E-state index in [-0.39, 0.29) is 5.78 Å². The molecule has 0 fully saturated rings. The summed E-state index contributed by atoms with van der Waals surface area (Å²) in [6.07, 6.45) is 5.15. The first kappa shape index (κ1) is 18.0. The van der Waals surface area contributed by atoms with E-state index in [9.17, 15) is 4.79 Å². The minimum absolute atomic E-state index is 0.0427. The molecule has 0 bridgehead atoms. The molecule has 0 saturated heterocycles. The molecule has 0 amide bonds. The third-order valence-electron chi connectivity index (χ3n) is 4.36. The van der Waals surface area contributed by atoms with Crippen molar-refractivity contribution < 1.29 is 4.79 Å². The number of hydrogen-bond donors (Lipinski definition) is 1. The number of hydrogen-bond acceptors (Lipinski definition) is 3. The fourth-order valence-corrected chi connectivity index (χ4v) is 3.13. The van der Waals surface area contributed by atoms with Gasteiger partial charge in [0.05, 0.1) is 5.52 Å². The van der Waals surface area contributed by atoms with Crippen LogP contribution in [0.1, 0.15) is 15.9 Å². The summed E-state index contributed by atoms with van der Waals surface area (Å²) in [5.74, 6) is -0.0427. The van der Waals surface area contributed by atoms with Crippen LogP contribution in [0.3, 0.4) is 0 Å². The van der Waals surface area contributed by atoms with Gasteiger partial charge in [0.25, 0.3) is 0 Å². The highest BCUT2D eigenvalue weighted by Crippen LogP contribution is 2.27. The molecule has 0 radical (unpaired) electrons. The molecule has 4 aromatic rings. The number of pyridine rings is 1. The summed E-state index contributed by atoms with van der Waals surface area (Å²) in [6, 6.07) is 24.7. The zero-order valence-corrected chi connectivity index (χ0v) is 15.7. The number of halogens is 1. The maximum absolute atomic E-state index is 12.5. The van der Waals surface area contributed by atoms with Gasteiger partial charge in [-0.1, -0.05) is 60.1 Å². The SMILES string of the molecule is O=C(/C=C/c1ccccc1)c1cccc(Nc2ccnc3cc(Cl)ccc23)c1. The zero-order valence-electron chi connectivity index (χ0n) is 15.0. The lowest BCUT2D eigenvalue weighted by Crippen LogP contribution is -1.97. The Morgan fingerprint density at radius 3 is 2.64 bits per heavy atom. The molecule has 4 rings (SSSR count). The number of aromatic nitrogens is 1. The van der Waals surface area contributed by atoms with Gasteiger partial charge in [-0.25, -0.2) is 0 Å². The third-order valence-corrected chi connectivity index (χ3v) is 4.59. The van der Waals surface area contributed by atoms with E-state index >= 15 is 0 Å². The molecular formula is C24H17ClN2O. The molecule has 0 atom stereocenters. The monoisotopic (exact) mass is 384 g/mol. The van der Waals surface area contributed by atoms with Crippen LogP contribution < -0.4 is 5.32 Å². The number of nitrogens with one attached hydrogen (secondary N) is 1. The number of nitrogens with zero attached hydrogens (tertiary/aromatic N) is 1. The van der Waals surface area contributed by atoms with E-state index in [4.69, 9.17) is 11.6 Å². The van der Waals surface area contributed by atoms with Crippen molar-refractivity contribution in [2.45, 2.75) is 0 Å². The van der Waals surface area contributed by atoms with Crippen molar-refractivity contribution in [3.63, 3.8) is 0 Å². The Balaban J connectivity index is 1.58. The maximum atomic E-state index is 12.5. The van der Waals surface area contributed by atoms with Crippen molar-refractivity contribution in [2.75, 3.05) is 5.32 Å². The Bertz CT molecular complexity index is 1170. The van der Waals surface area contributed by atoms with Gasteiger partial charge in [-0.15, -0.1) is 0 Å². The summed E-state index contributed by atoms with van der Waals surface area (Å²) in [4.78, 5) is 16.9. The van der Waals surface area contributed by atoms with Crippen LogP contribution in [0.25, 0.3) is 17.0 Å². The number of benzene rings is 3. The Hall–Kier alpha value is -3.43. The van der Waals surface area contributed by atoms with E-state index in [0.717, 1.165) is 27.8 Å². The summed E-state index contributed by atoms with van der Waals surface area (Å²) >= 11 is 6.06. The summed E-state index contributed by atoms with van der Waals surface area (Å²) in [6.45, 7) is 0. The molecule has 28 heavy (non-hydrogen) atoms. The molecule has 3 nitrogen and oxygen atoms in total. The van der Waals surface area contributed by atoms with Crippen LogP contribution in [-0.4, -0.2) is 10.8 Å². The molecule has 0 saturated carbocycles. The zero-order chi connectivity index (χ0) is 19.3. The van der Waals surface area contributed by atoms with Gasteiger partial charge in [-0.2, -0.15) is 0 Å². The molecule has 0 aliphatic carbocycles. The molecule has 0 aliphatic heterocycles. The molecule has 1 aromatic heterocycles. The second kappa shape index (κ2) is 8.07. The Kier molecular flexibility index (Phi) is 5.18. The van der Waals surface area contributed by atoms with Gasteiger partial charge in [0.15, 0.2) is 5.78 Å². The van der Waals surface area contributed by atoms with E-state index in [1.165, 1.54) is 0 Å². The van der Waals surface area contributed by atoms with E-state index in [2.05, 4.69) is 10.3 Å². The minimum Gasteiger partial charge on any atom is -0.355 e. The topological polar surface area (TPSA) is 42.0 Å². The number of allylic oxidation sites excluding steroid dienone is 1. The standard InChI is InChI=1S/C24H17ClN2O/c25-19-10-11-21-22(13-14-26-23(21)16-19)27-20-8-4-7-18(15-20)24(28)12-9-17-5-2-1-3-6-17/h1-16H,(H,26,27)/b12-9+. The van der Waals surface area contributed by atoms with Crippen molar-refractivity contribution in [1.82, 2.24) is 4.98 Å². The first-order valence-electron chi connectivity index (χ1n) is 8.88. The van der Waals surface area contributed by atoms with Gasteiger partial charge < -0.3 is 5.32 Å². The average Bonchev–Trinajstić information content (AvgIpc) is 2.73. The fraction of sp³-hybridized carbons (Fsp3) is 0. The van der Waals surface area contributed by atoms with E-state index < -0.39 is 0 Å². The van der Waals surface area contributed by atoms with Gasteiger partial charge in [0.2, 0.25) is 0 Å². The van der Waals surface area contributed by atoms with Crippen LogP contribution in [0, 0.1) is 0 Å². The smallest absolute Gasteiger partial charge is 0.185 e. The van der Waals surface area contributed by atoms with Crippen LogP contribution in [-0.2, 0) is 0 Å². The highest BCUT2D eigenvalue weighted by molar-refractivity contribution is 6.31. The van der Waals surface area contributed by atoms with Crippen LogP contribution in [0.4, 0.5) is 11.4 Å². The second-order valence-electron chi connectivity index (χ2n) is 6.33. The molecule has 1 heterocycles. The molecule has 136 valence electrons. The van der Waals surface area contributed by atoms with Crippen molar-refractivity contribution in [1.29, 1.82) is 0 Å². The van der Waals surface area contributed by atoms with Crippen LogP contribution >= 0.6 is 11.6 Å². The molecule has 0 aliphatic rings. The normalized spacial score (nSPS) is 11.0.